The van der Waals surface area contributed by atoms with Gasteiger partial charge in [-0.3, -0.25) is 4.79 Å². The zero-order valence-corrected chi connectivity index (χ0v) is 11.5. The Kier molecular flexibility index (Phi) is 3.42. The van der Waals surface area contributed by atoms with Gasteiger partial charge in [-0.1, -0.05) is 35.9 Å². The standard InChI is InChI=1S/C17H18N2O/c1-12-6-8-15(9-7-12)19-17(20)14-10-13-4-2-3-5-16(13)18-11-14/h2-9,14,18H,10-11H2,1H3,(H,19,20). The lowest BCUT2D eigenvalue weighted by Crippen LogP contribution is -2.33. The van der Waals surface area contributed by atoms with Crippen LogP contribution in [0.1, 0.15) is 11.1 Å². The van der Waals surface area contributed by atoms with Crippen LogP contribution >= 0.6 is 0 Å². The van der Waals surface area contributed by atoms with E-state index >= 15 is 0 Å². The van der Waals surface area contributed by atoms with E-state index in [9.17, 15) is 4.79 Å². The smallest absolute Gasteiger partial charge is 0.229 e. The van der Waals surface area contributed by atoms with Gasteiger partial charge in [-0.2, -0.15) is 0 Å². The molecule has 102 valence electrons. The van der Waals surface area contributed by atoms with E-state index in [2.05, 4.69) is 22.8 Å². The minimum atomic E-state index is -0.0220. The Morgan fingerprint density at radius 3 is 2.70 bits per heavy atom. The molecule has 1 aliphatic heterocycles. The topological polar surface area (TPSA) is 41.1 Å². The van der Waals surface area contributed by atoms with Crippen LogP contribution in [0.3, 0.4) is 0 Å². The van der Waals surface area contributed by atoms with Gasteiger partial charge in [-0.15, -0.1) is 0 Å². The zero-order chi connectivity index (χ0) is 13.9. The van der Waals surface area contributed by atoms with E-state index < -0.39 is 0 Å². The molecule has 3 heteroatoms. The second kappa shape index (κ2) is 5.37. The molecule has 0 fully saturated rings. The molecule has 0 aliphatic carbocycles. The third-order valence-corrected chi connectivity index (χ3v) is 3.71. The average Bonchev–Trinajstić information content (AvgIpc) is 2.49. The molecular weight excluding hydrogens is 248 g/mol. The van der Waals surface area contributed by atoms with E-state index in [1.807, 2.05) is 43.3 Å². The Morgan fingerprint density at radius 2 is 1.90 bits per heavy atom. The molecule has 0 aromatic heterocycles. The van der Waals surface area contributed by atoms with Crippen molar-refractivity contribution in [1.29, 1.82) is 0 Å². The summed E-state index contributed by atoms with van der Waals surface area (Å²) < 4.78 is 0. The molecule has 1 amide bonds. The molecule has 3 rings (SSSR count). The van der Waals surface area contributed by atoms with Gasteiger partial charge in [-0.05, 0) is 37.1 Å². The number of benzene rings is 2. The van der Waals surface area contributed by atoms with E-state index in [1.54, 1.807) is 0 Å². The molecule has 20 heavy (non-hydrogen) atoms. The van der Waals surface area contributed by atoms with Gasteiger partial charge in [-0.25, -0.2) is 0 Å². The van der Waals surface area contributed by atoms with Gasteiger partial charge in [0.15, 0.2) is 0 Å². The van der Waals surface area contributed by atoms with Crippen LogP contribution in [-0.4, -0.2) is 12.5 Å². The van der Waals surface area contributed by atoms with Crippen molar-refractivity contribution in [3.63, 3.8) is 0 Å². The van der Waals surface area contributed by atoms with Crippen LogP contribution in [0.5, 0.6) is 0 Å². The van der Waals surface area contributed by atoms with Crippen LogP contribution in [-0.2, 0) is 11.2 Å². The van der Waals surface area contributed by atoms with E-state index in [1.165, 1.54) is 11.1 Å². The molecule has 0 radical (unpaired) electrons. The molecule has 1 unspecified atom stereocenters. The number of hydrogen-bond donors (Lipinski definition) is 2. The molecule has 1 atom stereocenters. The Hall–Kier alpha value is -2.29. The maximum Gasteiger partial charge on any atom is 0.229 e. The Balaban J connectivity index is 1.68. The number of anilines is 2. The molecular formula is C17H18N2O. The number of rotatable bonds is 2. The number of para-hydroxylation sites is 1. The predicted octanol–water partition coefficient (Wildman–Crippen LogP) is 3.22. The Morgan fingerprint density at radius 1 is 1.15 bits per heavy atom. The molecule has 3 nitrogen and oxygen atoms in total. The molecule has 1 heterocycles. The highest BCUT2D eigenvalue weighted by Crippen LogP contribution is 2.25. The van der Waals surface area contributed by atoms with E-state index in [0.29, 0.717) is 6.54 Å². The normalized spacial score (nSPS) is 16.9. The molecule has 0 saturated heterocycles. The second-order valence-electron chi connectivity index (χ2n) is 5.29. The molecule has 0 bridgehead atoms. The van der Waals surface area contributed by atoms with Gasteiger partial charge in [0.25, 0.3) is 0 Å². The summed E-state index contributed by atoms with van der Waals surface area (Å²) >= 11 is 0. The van der Waals surface area contributed by atoms with Crippen molar-refractivity contribution in [2.45, 2.75) is 13.3 Å². The second-order valence-corrected chi connectivity index (χ2v) is 5.29. The Bertz CT molecular complexity index is 619. The van der Waals surface area contributed by atoms with Crippen molar-refractivity contribution in [2.75, 3.05) is 17.2 Å². The monoisotopic (exact) mass is 266 g/mol. The predicted molar refractivity (Wildman–Crippen MR) is 81.9 cm³/mol. The molecule has 0 spiro atoms. The number of amides is 1. The van der Waals surface area contributed by atoms with Crippen LogP contribution in [0.15, 0.2) is 48.5 Å². The minimum Gasteiger partial charge on any atom is -0.384 e. The lowest BCUT2D eigenvalue weighted by molar-refractivity contribution is -0.119. The number of carbonyl (C=O) groups is 1. The van der Waals surface area contributed by atoms with Gasteiger partial charge >= 0.3 is 0 Å². The average molecular weight is 266 g/mol. The van der Waals surface area contributed by atoms with E-state index in [-0.39, 0.29) is 11.8 Å². The lowest BCUT2D eigenvalue weighted by Gasteiger charge is -2.25. The largest absolute Gasteiger partial charge is 0.384 e. The van der Waals surface area contributed by atoms with Crippen molar-refractivity contribution in [3.8, 4) is 0 Å². The summed E-state index contributed by atoms with van der Waals surface area (Å²) in [5.41, 5.74) is 4.41. The number of aryl methyl sites for hydroxylation is 1. The fraction of sp³-hybridized carbons (Fsp3) is 0.235. The van der Waals surface area contributed by atoms with Crippen molar-refractivity contribution in [3.05, 3.63) is 59.7 Å². The fourth-order valence-electron chi connectivity index (χ4n) is 2.51. The van der Waals surface area contributed by atoms with Crippen molar-refractivity contribution >= 4 is 17.3 Å². The first-order valence-corrected chi connectivity index (χ1v) is 6.92. The van der Waals surface area contributed by atoms with Gasteiger partial charge in [0.1, 0.15) is 0 Å². The van der Waals surface area contributed by atoms with Gasteiger partial charge < -0.3 is 10.6 Å². The number of hydrogen-bond acceptors (Lipinski definition) is 2. The minimum absolute atomic E-state index is 0.0220. The van der Waals surface area contributed by atoms with Crippen molar-refractivity contribution < 1.29 is 4.79 Å². The highest BCUT2D eigenvalue weighted by atomic mass is 16.1. The third kappa shape index (κ3) is 2.67. The quantitative estimate of drug-likeness (QED) is 0.876. The first kappa shape index (κ1) is 12.7. The summed E-state index contributed by atoms with van der Waals surface area (Å²) in [5.74, 6) is 0.0575. The van der Waals surface area contributed by atoms with Crippen LogP contribution in [0.2, 0.25) is 0 Å². The zero-order valence-electron chi connectivity index (χ0n) is 11.5. The first-order chi connectivity index (χ1) is 9.72. The maximum absolute atomic E-state index is 12.3. The molecule has 0 saturated carbocycles. The molecule has 2 aromatic rings. The van der Waals surface area contributed by atoms with Crippen LogP contribution in [0.4, 0.5) is 11.4 Å². The SMILES string of the molecule is Cc1ccc(NC(=O)C2CNc3ccccc3C2)cc1. The molecule has 2 N–H and O–H groups in total. The van der Waals surface area contributed by atoms with Crippen LogP contribution < -0.4 is 10.6 Å². The van der Waals surface area contributed by atoms with Crippen LogP contribution in [0, 0.1) is 12.8 Å². The van der Waals surface area contributed by atoms with Gasteiger partial charge in [0.05, 0.1) is 5.92 Å². The highest BCUT2D eigenvalue weighted by molar-refractivity contribution is 5.93. The van der Waals surface area contributed by atoms with Crippen LogP contribution in [0.25, 0.3) is 0 Å². The number of nitrogens with one attached hydrogen (secondary N) is 2. The highest BCUT2D eigenvalue weighted by Gasteiger charge is 2.24. The fourth-order valence-corrected chi connectivity index (χ4v) is 2.51. The van der Waals surface area contributed by atoms with Gasteiger partial charge in [0.2, 0.25) is 5.91 Å². The first-order valence-electron chi connectivity index (χ1n) is 6.92. The number of fused-ring (bicyclic) bond motifs is 1. The summed E-state index contributed by atoms with van der Waals surface area (Å²) in [5, 5.41) is 6.32. The van der Waals surface area contributed by atoms with E-state index in [0.717, 1.165) is 17.8 Å². The third-order valence-electron chi connectivity index (χ3n) is 3.71. The summed E-state index contributed by atoms with van der Waals surface area (Å²) in [6.07, 6.45) is 0.793. The summed E-state index contributed by atoms with van der Waals surface area (Å²) in [6.45, 7) is 2.72. The summed E-state index contributed by atoms with van der Waals surface area (Å²) in [4.78, 5) is 12.3. The summed E-state index contributed by atoms with van der Waals surface area (Å²) in [6, 6.07) is 16.1. The number of carbonyl (C=O) groups excluding carboxylic acids is 1. The lowest BCUT2D eigenvalue weighted by atomic mass is 9.93. The van der Waals surface area contributed by atoms with E-state index in [4.69, 9.17) is 0 Å². The van der Waals surface area contributed by atoms with Crippen molar-refractivity contribution in [2.24, 2.45) is 5.92 Å². The summed E-state index contributed by atoms with van der Waals surface area (Å²) in [7, 11) is 0. The molecule has 1 aliphatic rings. The van der Waals surface area contributed by atoms with Gasteiger partial charge in [0, 0.05) is 17.9 Å². The Labute approximate surface area is 119 Å². The van der Waals surface area contributed by atoms with Crippen molar-refractivity contribution in [1.82, 2.24) is 0 Å². The maximum atomic E-state index is 12.3. The molecule has 2 aromatic carbocycles.